The van der Waals surface area contributed by atoms with Gasteiger partial charge in [-0.3, -0.25) is 5.10 Å². The first-order valence-electron chi connectivity index (χ1n) is 4.53. The summed E-state index contributed by atoms with van der Waals surface area (Å²) in [5, 5.41) is 18.4. The lowest BCUT2D eigenvalue weighted by Gasteiger charge is -1.98. The van der Waals surface area contributed by atoms with E-state index in [1.54, 1.807) is 6.20 Å². The number of benzene rings is 1. The van der Waals surface area contributed by atoms with Gasteiger partial charge in [-0.05, 0) is 0 Å². The summed E-state index contributed by atoms with van der Waals surface area (Å²) >= 11 is 0. The van der Waals surface area contributed by atoms with E-state index in [0.29, 0.717) is 0 Å². The highest BCUT2D eigenvalue weighted by Crippen LogP contribution is 2.27. The van der Waals surface area contributed by atoms with Crippen molar-refractivity contribution in [2.45, 2.75) is 0 Å². The number of fused-ring (bicyclic) bond motifs is 1. The lowest BCUT2D eigenvalue weighted by atomic mass is 10.1. The van der Waals surface area contributed by atoms with E-state index in [9.17, 15) is 0 Å². The molecule has 1 aromatic carbocycles. The number of hydrogen-bond acceptors (Lipinski definition) is 4. The molecule has 0 unspecified atom stereocenters. The predicted molar refractivity (Wildman–Crippen MR) is 54.0 cm³/mol. The van der Waals surface area contributed by atoms with Gasteiger partial charge in [0.05, 0.1) is 6.20 Å². The van der Waals surface area contributed by atoms with Crippen molar-refractivity contribution in [3.05, 3.63) is 36.5 Å². The standard InChI is InChI=1S/C10H7N5/c1-2-4-7(5-3-1)9-10-8(12-13-9)6-11-15-14-10/h1-6H,(H,11,14). The molecule has 15 heavy (non-hydrogen) atoms. The molecule has 0 fully saturated rings. The highest BCUT2D eigenvalue weighted by molar-refractivity contribution is 5.76. The van der Waals surface area contributed by atoms with Crippen molar-refractivity contribution in [3.8, 4) is 22.6 Å². The van der Waals surface area contributed by atoms with Crippen LogP contribution in [0.3, 0.4) is 0 Å². The summed E-state index contributed by atoms with van der Waals surface area (Å²) in [6.45, 7) is 0. The Bertz CT molecular complexity index is 545. The third-order valence-electron chi connectivity index (χ3n) is 2.20. The van der Waals surface area contributed by atoms with Gasteiger partial charge in [0, 0.05) is 5.56 Å². The smallest absolute Gasteiger partial charge is 0.133 e. The van der Waals surface area contributed by atoms with Crippen molar-refractivity contribution >= 4 is 0 Å². The summed E-state index contributed by atoms with van der Waals surface area (Å²) in [6, 6.07) is 9.86. The quantitative estimate of drug-likeness (QED) is 0.639. The van der Waals surface area contributed by atoms with E-state index < -0.39 is 0 Å². The van der Waals surface area contributed by atoms with E-state index in [0.717, 1.165) is 22.6 Å². The molecule has 0 saturated carbocycles. The fourth-order valence-corrected chi connectivity index (χ4v) is 1.49. The Balaban J connectivity index is 2.22. The predicted octanol–water partition coefficient (Wildman–Crippen LogP) is 1.37. The minimum atomic E-state index is 0.726. The van der Waals surface area contributed by atoms with E-state index in [4.69, 9.17) is 0 Å². The van der Waals surface area contributed by atoms with Gasteiger partial charge in [-0.15, -0.1) is 15.3 Å². The van der Waals surface area contributed by atoms with Crippen molar-refractivity contribution in [2.75, 3.05) is 0 Å². The van der Waals surface area contributed by atoms with Crippen LogP contribution in [0.4, 0.5) is 0 Å². The largest absolute Gasteiger partial charge is 0.255 e. The minimum absolute atomic E-state index is 0.726. The number of hydrogen-bond donors (Lipinski definition) is 1. The Morgan fingerprint density at radius 1 is 1.00 bits per heavy atom. The maximum Gasteiger partial charge on any atom is 0.133 e. The van der Waals surface area contributed by atoms with Gasteiger partial charge in [-0.2, -0.15) is 0 Å². The average Bonchev–Trinajstić information content (AvgIpc) is 2.74. The molecule has 3 rings (SSSR count). The summed E-state index contributed by atoms with van der Waals surface area (Å²) in [7, 11) is 0. The lowest BCUT2D eigenvalue weighted by molar-refractivity contribution is 0.866. The second-order valence-electron chi connectivity index (χ2n) is 3.13. The van der Waals surface area contributed by atoms with Gasteiger partial charge >= 0.3 is 0 Å². The molecule has 0 radical (unpaired) electrons. The van der Waals surface area contributed by atoms with Crippen molar-refractivity contribution < 1.29 is 0 Å². The van der Waals surface area contributed by atoms with E-state index in [-0.39, 0.29) is 0 Å². The highest BCUT2D eigenvalue weighted by atomic mass is 15.3. The molecule has 5 nitrogen and oxygen atoms in total. The lowest BCUT2D eigenvalue weighted by Crippen LogP contribution is -1.91. The van der Waals surface area contributed by atoms with E-state index in [1.807, 2.05) is 30.3 Å². The number of H-pyrrole nitrogens is 1. The Kier molecular flexibility index (Phi) is 1.68. The zero-order valence-electron chi connectivity index (χ0n) is 7.75. The van der Waals surface area contributed by atoms with Gasteiger partial charge in [0.15, 0.2) is 0 Å². The van der Waals surface area contributed by atoms with Gasteiger partial charge < -0.3 is 0 Å². The number of nitrogens with zero attached hydrogens (tertiary/aromatic N) is 4. The summed E-state index contributed by atoms with van der Waals surface area (Å²) in [5.74, 6) is 0. The number of rotatable bonds is 1. The van der Waals surface area contributed by atoms with Crippen LogP contribution in [-0.2, 0) is 0 Å². The van der Waals surface area contributed by atoms with Crippen molar-refractivity contribution in [1.82, 2.24) is 25.6 Å². The maximum atomic E-state index is 4.10. The van der Waals surface area contributed by atoms with E-state index in [1.165, 1.54) is 0 Å². The number of aromatic nitrogens is 5. The molecular weight excluding hydrogens is 190 g/mol. The second kappa shape index (κ2) is 3.13. The first-order chi connectivity index (χ1) is 7.45. The topological polar surface area (TPSA) is 67.3 Å². The van der Waals surface area contributed by atoms with Gasteiger partial charge in [-0.25, -0.2) is 0 Å². The van der Waals surface area contributed by atoms with Crippen molar-refractivity contribution in [1.29, 1.82) is 0 Å². The molecular formula is C10H7N5. The van der Waals surface area contributed by atoms with E-state index in [2.05, 4.69) is 25.6 Å². The fraction of sp³-hybridized carbons (Fsp3) is 0. The molecule has 0 spiro atoms. The van der Waals surface area contributed by atoms with Crippen LogP contribution in [0.25, 0.3) is 22.6 Å². The van der Waals surface area contributed by atoms with Crippen LogP contribution in [0.5, 0.6) is 0 Å². The monoisotopic (exact) mass is 197 g/mol. The molecule has 2 aliphatic heterocycles. The molecule has 1 aromatic rings. The number of aromatic amines is 1. The van der Waals surface area contributed by atoms with Crippen LogP contribution in [-0.4, -0.2) is 25.6 Å². The minimum Gasteiger partial charge on any atom is -0.255 e. The molecule has 72 valence electrons. The summed E-state index contributed by atoms with van der Waals surface area (Å²) < 4.78 is 0. The van der Waals surface area contributed by atoms with Gasteiger partial charge in [0.2, 0.25) is 0 Å². The second-order valence-corrected chi connectivity index (χ2v) is 3.13. The SMILES string of the molecule is c1ccc(-c2nnc3cnn[nH]c2-3)cc1. The number of nitrogens with one attached hydrogen (secondary N) is 1. The molecule has 0 bridgehead atoms. The Hall–Kier alpha value is -2.30. The molecule has 1 N–H and O–H groups in total. The van der Waals surface area contributed by atoms with Gasteiger partial charge in [0.25, 0.3) is 0 Å². The maximum absolute atomic E-state index is 4.10. The van der Waals surface area contributed by atoms with Crippen LogP contribution in [0, 0.1) is 0 Å². The summed E-state index contributed by atoms with van der Waals surface area (Å²) in [4.78, 5) is 0. The summed E-state index contributed by atoms with van der Waals surface area (Å²) in [6.07, 6.45) is 1.59. The molecule has 5 heteroatoms. The van der Waals surface area contributed by atoms with Gasteiger partial charge in [0.1, 0.15) is 17.1 Å². The fourth-order valence-electron chi connectivity index (χ4n) is 1.49. The van der Waals surface area contributed by atoms with Crippen LogP contribution < -0.4 is 0 Å². The zero-order chi connectivity index (χ0) is 10.1. The molecule has 0 aliphatic carbocycles. The normalized spacial score (nSPS) is 10.7. The van der Waals surface area contributed by atoms with E-state index >= 15 is 0 Å². The molecule has 0 atom stereocenters. The molecule has 2 aliphatic rings. The third-order valence-corrected chi connectivity index (χ3v) is 2.20. The first-order valence-corrected chi connectivity index (χ1v) is 4.53. The average molecular weight is 197 g/mol. The van der Waals surface area contributed by atoms with Crippen molar-refractivity contribution in [2.24, 2.45) is 0 Å². The zero-order valence-corrected chi connectivity index (χ0v) is 7.75. The highest BCUT2D eigenvalue weighted by Gasteiger charge is 2.15. The van der Waals surface area contributed by atoms with Crippen LogP contribution in [0.2, 0.25) is 0 Å². The van der Waals surface area contributed by atoms with Crippen LogP contribution in [0.1, 0.15) is 0 Å². The van der Waals surface area contributed by atoms with Crippen LogP contribution in [0.15, 0.2) is 36.5 Å². The van der Waals surface area contributed by atoms with Crippen LogP contribution >= 0.6 is 0 Å². The summed E-state index contributed by atoms with van der Waals surface area (Å²) in [5.41, 5.74) is 3.37. The molecule has 2 heterocycles. The third kappa shape index (κ3) is 1.25. The first kappa shape index (κ1) is 8.05. The van der Waals surface area contributed by atoms with Gasteiger partial charge in [-0.1, -0.05) is 35.5 Å². The molecule has 0 amide bonds. The molecule has 0 saturated heterocycles. The Labute approximate surface area is 85.5 Å². The Morgan fingerprint density at radius 3 is 2.73 bits per heavy atom. The molecule has 0 aromatic heterocycles. The Morgan fingerprint density at radius 2 is 1.87 bits per heavy atom. The van der Waals surface area contributed by atoms with Crippen molar-refractivity contribution in [3.63, 3.8) is 0 Å².